The SMILES string of the molecule is Cc1nnc(NC(=O)CCC(=O)OCC(=O)c2ccc([N+](=O)[O-])cc2)s1. The summed E-state index contributed by atoms with van der Waals surface area (Å²) in [5.74, 6) is -1.62. The number of aromatic nitrogens is 2. The Hall–Kier alpha value is -3.21. The van der Waals surface area contributed by atoms with Crippen molar-refractivity contribution in [3.05, 3.63) is 45.0 Å². The molecule has 0 saturated carbocycles. The zero-order chi connectivity index (χ0) is 19.1. The number of anilines is 1. The maximum atomic E-state index is 11.9. The van der Waals surface area contributed by atoms with Crippen molar-refractivity contribution in [2.75, 3.05) is 11.9 Å². The third-order valence-electron chi connectivity index (χ3n) is 3.09. The highest BCUT2D eigenvalue weighted by Crippen LogP contribution is 2.14. The van der Waals surface area contributed by atoms with Crippen molar-refractivity contribution < 1.29 is 24.0 Å². The van der Waals surface area contributed by atoms with Crippen molar-refractivity contribution in [2.45, 2.75) is 19.8 Å². The molecule has 1 amide bonds. The number of amides is 1. The molecule has 10 nitrogen and oxygen atoms in total. The Morgan fingerprint density at radius 1 is 1.19 bits per heavy atom. The van der Waals surface area contributed by atoms with Gasteiger partial charge in [-0.2, -0.15) is 0 Å². The van der Waals surface area contributed by atoms with E-state index in [2.05, 4.69) is 15.5 Å². The number of benzene rings is 1. The van der Waals surface area contributed by atoms with Crippen LogP contribution in [0.2, 0.25) is 0 Å². The van der Waals surface area contributed by atoms with Crippen molar-refractivity contribution in [2.24, 2.45) is 0 Å². The Balaban J connectivity index is 1.73. The average Bonchev–Trinajstić information content (AvgIpc) is 3.02. The molecule has 2 aromatic rings. The van der Waals surface area contributed by atoms with E-state index in [0.717, 1.165) is 0 Å². The van der Waals surface area contributed by atoms with Gasteiger partial charge in [-0.1, -0.05) is 11.3 Å². The Bertz CT molecular complexity index is 833. The van der Waals surface area contributed by atoms with Crippen molar-refractivity contribution in [3.63, 3.8) is 0 Å². The molecule has 0 aliphatic carbocycles. The zero-order valence-electron chi connectivity index (χ0n) is 13.6. The number of rotatable bonds is 8. The number of aryl methyl sites for hydroxylation is 1. The monoisotopic (exact) mass is 378 g/mol. The summed E-state index contributed by atoms with van der Waals surface area (Å²) in [5.41, 5.74) is 0.0444. The Morgan fingerprint density at radius 3 is 2.46 bits per heavy atom. The van der Waals surface area contributed by atoms with Crippen LogP contribution < -0.4 is 5.32 Å². The molecule has 2 rings (SSSR count). The van der Waals surface area contributed by atoms with E-state index in [0.29, 0.717) is 10.1 Å². The van der Waals surface area contributed by atoms with Gasteiger partial charge in [0.1, 0.15) is 5.01 Å². The van der Waals surface area contributed by atoms with Crippen LogP contribution in [0.5, 0.6) is 0 Å². The molecule has 0 atom stereocenters. The van der Waals surface area contributed by atoms with Gasteiger partial charge in [-0.3, -0.25) is 24.5 Å². The number of Topliss-reactive ketones (excluding diaryl/α,β-unsaturated/α-hetero) is 1. The van der Waals surface area contributed by atoms with Gasteiger partial charge in [0.25, 0.3) is 5.69 Å². The second-order valence-electron chi connectivity index (χ2n) is 5.06. The molecule has 0 bridgehead atoms. The van der Waals surface area contributed by atoms with E-state index in [9.17, 15) is 24.5 Å². The van der Waals surface area contributed by atoms with E-state index < -0.39 is 29.2 Å². The molecule has 136 valence electrons. The van der Waals surface area contributed by atoms with Gasteiger partial charge in [-0.05, 0) is 19.1 Å². The predicted octanol–water partition coefficient (Wildman–Crippen LogP) is 1.90. The van der Waals surface area contributed by atoms with Crippen LogP contribution in [0.4, 0.5) is 10.8 Å². The van der Waals surface area contributed by atoms with Crippen LogP contribution in [0.25, 0.3) is 0 Å². The molecule has 26 heavy (non-hydrogen) atoms. The lowest BCUT2D eigenvalue weighted by Gasteiger charge is -2.04. The molecule has 0 aliphatic heterocycles. The molecule has 11 heteroatoms. The number of ketones is 1. The summed E-state index contributed by atoms with van der Waals surface area (Å²) in [7, 11) is 0. The fraction of sp³-hybridized carbons (Fsp3) is 0.267. The highest BCUT2D eigenvalue weighted by Gasteiger charge is 2.14. The molecule has 0 aliphatic rings. The van der Waals surface area contributed by atoms with Crippen molar-refractivity contribution in [3.8, 4) is 0 Å². The fourth-order valence-corrected chi connectivity index (χ4v) is 2.42. The number of ether oxygens (including phenoxy) is 1. The maximum absolute atomic E-state index is 11.9. The normalized spacial score (nSPS) is 10.2. The summed E-state index contributed by atoms with van der Waals surface area (Å²) in [6.07, 6.45) is -0.319. The summed E-state index contributed by atoms with van der Waals surface area (Å²) in [4.78, 5) is 45.1. The number of nitro groups is 1. The predicted molar refractivity (Wildman–Crippen MR) is 90.9 cm³/mol. The lowest BCUT2D eigenvalue weighted by atomic mass is 10.1. The number of non-ortho nitro benzene ring substituents is 1. The minimum Gasteiger partial charge on any atom is -0.457 e. The smallest absolute Gasteiger partial charge is 0.306 e. The highest BCUT2D eigenvalue weighted by molar-refractivity contribution is 7.15. The van der Waals surface area contributed by atoms with Crippen LogP contribution in [0.1, 0.15) is 28.2 Å². The van der Waals surface area contributed by atoms with Gasteiger partial charge < -0.3 is 10.1 Å². The molecule has 0 saturated heterocycles. The first-order valence-electron chi connectivity index (χ1n) is 7.38. The number of nitro benzene ring substituents is 1. The van der Waals surface area contributed by atoms with Gasteiger partial charge in [-0.15, -0.1) is 10.2 Å². The van der Waals surface area contributed by atoms with Crippen LogP contribution in [0.3, 0.4) is 0 Å². The molecule has 1 aromatic carbocycles. The fourth-order valence-electron chi connectivity index (χ4n) is 1.82. The van der Waals surface area contributed by atoms with Crippen LogP contribution in [-0.4, -0.2) is 39.4 Å². The lowest BCUT2D eigenvalue weighted by molar-refractivity contribution is -0.384. The number of carbonyl (C=O) groups is 3. The second kappa shape index (κ2) is 8.76. The zero-order valence-corrected chi connectivity index (χ0v) is 14.4. The van der Waals surface area contributed by atoms with Gasteiger partial charge in [-0.25, -0.2) is 0 Å². The summed E-state index contributed by atoms with van der Waals surface area (Å²) in [5, 5.41) is 21.6. The molecule has 0 unspecified atom stereocenters. The number of nitrogens with zero attached hydrogens (tertiary/aromatic N) is 3. The number of carbonyl (C=O) groups excluding carboxylic acids is 3. The van der Waals surface area contributed by atoms with Gasteiger partial charge in [0, 0.05) is 24.1 Å². The van der Waals surface area contributed by atoms with Crippen LogP contribution in [-0.2, 0) is 14.3 Å². The summed E-state index contributed by atoms with van der Waals surface area (Å²) in [6, 6.07) is 4.95. The summed E-state index contributed by atoms with van der Waals surface area (Å²) in [6.45, 7) is 1.24. The third kappa shape index (κ3) is 5.70. The molecule has 1 aromatic heterocycles. The highest BCUT2D eigenvalue weighted by atomic mass is 32.1. The topological polar surface area (TPSA) is 141 Å². The minimum atomic E-state index is -0.705. The van der Waals surface area contributed by atoms with Gasteiger partial charge in [0.05, 0.1) is 11.3 Å². The molecular formula is C15H14N4O6S. The van der Waals surface area contributed by atoms with E-state index in [1.165, 1.54) is 35.6 Å². The van der Waals surface area contributed by atoms with Crippen molar-refractivity contribution in [1.82, 2.24) is 10.2 Å². The van der Waals surface area contributed by atoms with Gasteiger partial charge in [0.2, 0.25) is 11.0 Å². The van der Waals surface area contributed by atoms with Crippen molar-refractivity contribution in [1.29, 1.82) is 0 Å². The average molecular weight is 378 g/mol. The van der Waals surface area contributed by atoms with Crippen LogP contribution in [0, 0.1) is 17.0 Å². The molecule has 0 radical (unpaired) electrons. The number of esters is 1. The molecule has 1 N–H and O–H groups in total. The first-order chi connectivity index (χ1) is 12.3. The summed E-state index contributed by atoms with van der Waals surface area (Å²) >= 11 is 1.21. The third-order valence-corrected chi connectivity index (χ3v) is 3.85. The van der Waals surface area contributed by atoms with E-state index in [-0.39, 0.29) is 24.1 Å². The number of hydrogen-bond donors (Lipinski definition) is 1. The van der Waals surface area contributed by atoms with E-state index >= 15 is 0 Å². The summed E-state index contributed by atoms with van der Waals surface area (Å²) < 4.78 is 4.81. The number of nitrogens with one attached hydrogen (secondary N) is 1. The lowest BCUT2D eigenvalue weighted by Crippen LogP contribution is -2.17. The Morgan fingerprint density at radius 2 is 1.88 bits per heavy atom. The quantitative estimate of drug-likeness (QED) is 0.318. The first kappa shape index (κ1) is 19.1. The van der Waals surface area contributed by atoms with Gasteiger partial charge >= 0.3 is 5.97 Å². The largest absolute Gasteiger partial charge is 0.457 e. The Kier molecular flexibility index (Phi) is 6.44. The molecule has 1 heterocycles. The van der Waals surface area contributed by atoms with E-state index in [1.54, 1.807) is 6.92 Å². The van der Waals surface area contributed by atoms with Gasteiger partial charge in [0.15, 0.2) is 12.4 Å². The maximum Gasteiger partial charge on any atom is 0.306 e. The minimum absolute atomic E-state index is 0.122. The van der Waals surface area contributed by atoms with E-state index in [4.69, 9.17) is 4.74 Å². The number of hydrogen-bond acceptors (Lipinski definition) is 9. The second-order valence-corrected chi connectivity index (χ2v) is 6.24. The van der Waals surface area contributed by atoms with Crippen LogP contribution >= 0.6 is 11.3 Å². The molecule has 0 spiro atoms. The first-order valence-corrected chi connectivity index (χ1v) is 8.20. The molecule has 0 fully saturated rings. The van der Waals surface area contributed by atoms with Crippen molar-refractivity contribution >= 4 is 39.8 Å². The van der Waals surface area contributed by atoms with E-state index in [1.807, 2.05) is 0 Å². The molecular weight excluding hydrogens is 364 g/mol. The Labute approximate surface area is 151 Å². The standard InChI is InChI=1S/C15H14N4O6S/c1-9-17-18-15(26-9)16-13(21)6-7-14(22)25-8-12(20)10-2-4-11(5-3-10)19(23)24/h2-5H,6-8H2,1H3,(H,16,18,21). The van der Waals surface area contributed by atoms with Crippen LogP contribution in [0.15, 0.2) is 24.3 Å².